The van der Waals surface area contributed by atoms with Gasteiger partial charge in [0.25, 0.3) is 0 Å². The Balaban J connectivity index is 1.38. The number of likely N-dealkylation sites (tertiary alicyclic amines) is 2. The molecule has 2 aromatic carbocycles. The Kier molecular flexibility index (Phi) is 14.7. The van der Waals surface area contributed by atoms with Crippen molar-refractivity contribution < 1.29 is 19.1 Å². The highest BCUT2D eigenvalue weighted by molar-refractivity contribution is 5.98. The molecule has 0 aromatic heterocycles. The number of carbonyl (C=O) groups is 2. The second kappa shape index (κ2) is 19.0. The lowest BCUT2D eigenvalue weighted by Crippen LogP contribution is -2.37. The minimum Gasteiger partial charge on any atom is -0.494 e. The second-order valence-corrected chi connectivity index (χ2v) is 12.9. The molecule has 2 saturated heterocycles. The molecule has 0 spiro atoms. The molecule has 44 heavy (non-hydrogen) atoms. The van der Waals surface area contributed by atoms with Crippen molar-refractivity contribution in [2.24, 2.45) is 11.8 Å². The summed E-state index contributed by atoms with van der Waals surface area (Å²) in [6.07, 6.45) is 13.0. The van der Waals surface area contributed by atoms with Crippen LogP contribution in [0.5, 0.6) is 11.5 Å². The lowest BCUT2D eigenvalue weighted by Gasteiger charge is -2.31. The van der Waals surface area contributed by atoms with Crippen LogP contribution in [-0.4, -0.2) is 73.8 Å². The molecule has 0 amide bonds. The van der Waals surface area contributed by atoms with E-state index in [2.05, 4.69) is 23.6 Å². The molecule has 0 unspecified atom stereocenters. The van der Waals surface area contributed by atoms with Crippen molar-refractivity contribution in [2.45, 2.75) is 90.9 Å². The van der Waals surface area contributed by atoms with Crippen LogP contribution >= 0.6 is 0 Å². The van der Waals surface area contributed by atoms with E-state index in [9.17, 15) is 9.59 Å². The van der Waals surface area contributed by atoms with E-state index < -0.39 is 0 Å². The van der Waals surface area contributed by atoms with Crippen molar-refractivity contribution >= 4 is 11.6 Å². The number of carbonyl (C=O) groups excluding carboxylic acids is 2. The van der Waals surface area contributed by atoms with Gasteiger partial charge < -0.3 is 19.3 Å². The summed E-state index contributed by atoms with van der Waals surface area (Å²) in [4.78, 5) is 32.5. The zero-order valence-corrected chi connectivity index (χ0v) is 27.4. The third kappa shape index (κ3) is 11.0. The summed E-state index contributed by atoms with van der Waals surface area (Å²) < 4.78 is 11.5. The van der Waals surface area contributed by atoms with Gasteiger partial charge in [-0.05, 0) is 126 Å². The highest BCUT2D eigenvalue weighted by Gasteiger charge is 2.26. The first-order valence-electron chi connectivity index (χ1n) is 17.6. The van der Waals surface area contributed by atoms with Crippen molar-refractivity contribution in [2.75, 3.05) is 52.5 Å². The molecule has 0 radical (unpaired) electrons. The van der Waals surface area contributed by atoms with Crippen molar-refractivity contribution in [1.29, 1.82) is 0 Å². The smallest absolute Gasteiger partial charge is 0.167 e. The average Bonchev–Trinajstić information content (AvgIpc) is 3.08. The largest absolute Gasteiger partial charge is 0.494 e. The van der Waals surface area contributed by atoms with E-state index in [0.29, 0.717) is 13.2 Å². The molecular weight excluding hydrogens is 548 g/mol. The molecule has 2 aliphatic rings. The average molecular weight is 605 g/mol. The molecule has 4 rings (SSSR count). The van der Waals surface area contributed by atoms with Crippen LogP contribution in [0.2, 0.25) is 0 Å². The molecule has 0 N–H and O–H groups in total. The Morgan fingerprint density at radius 3 is 1.30 bits per heavy atom. The normalized spacial score (nSPS) is 17.6. The number of nitrogens with zero attached hydrogens (tertiary/aromatic N) is 2. The van der Waals surface area contributed by atoms with E-state index in [1.54, 1.807) is 0 Å². The summed E-state index contributed by atoms with van der Waals surface area (Å²) in [7, 11) is 0. The number of ether oxygens (including phenoxy) is 2. The molecular formula is C38H56N2O4. The zero-order valence-electron chi connectivity index (χ0n) is 27.4. The minimum atomic E-state index is -0.0255. The third-order valence-corrected chi connectivity index (χ3v) is 9.17. The van der Waals surface area contributed by atoms with Gasteiger partial charge in [0.15, 0.2) is 11.6 Å². The molecule has 2 fully saturated rings. The molecule has 2 heterocycles. The van der Waals surface area contributed by atoms with Crippen LogP contribution in [0.4, 0.5) is 0 Å². The first kappa shape index (κ1) is 34.2. The van der Waals surface area contributed by atoms with Crippen molar-refractivity contribution in [3.05, 3.63) is 59.7 Å². The van der Waals surface area contributed by atoms with Crippen LogP contribution in [0.3, 0.4) is 0 Å². The predicted molar refractivity (Wildman–Crippen MR) is 179 cm³/mol. The van der Waals surface area contributed by atoms with Crippen LogP contribution in [0.25, 0.3) is 0 Å². The highest BCUT2D eigenvalue weighted by Crippen LogP contribution is 2.25. The SMILES string of the molecule is CCCOc1ccc(C(=O)[C@H](CCCC[C@@H](CN2CCCCC2)C(=O)c2ccc(OCCC)cc2)CN2CCCCC2)cc1. The Morgan fingerprint density at radius 1 is 0.591 bits per heavy atom. The molecule has 6 nitrogen and oxygen atoms in total. The number of rotatable bonds is 19. The Bertz CT molecular complexity index is 1020. The molecule has 2 atom stereocenters. The Morgan fingerprint density at radius 2 is 0.955 bits per heavy atom. The Labute approximate surface area is 266 Å². The fraction of sp³-hybridized carbons (Fsp3) is 0.632. The minimum absolute atomic E-state index is 0.0255. The summed E-state index contributed by atoms with van der Waals surface area (Å²) in [5, 5.41) is 0. The molecule has 0 bridgehead atoms. The van der Waals surface area contributed by atoms with Gasteiger partial charge in [-0.1, -0.05) is 39.5 Å². The zero-order chi connectivity index (χ0) is 31.0. The van der Waals surface area contributed by atoms with Crippen LogP contribution in [-0.2, 0) is 0 Å². The number of benzene rings is 2. The molecule has 2 aliphatic heterocycles. The van der Waals surface area contributed by atoms with Crippen LogP contribution < -0.4 is 9.47 Å². The summed E-state index contributed by atoms with van der Waals surface area (Å²) >= 11 is 0. The molecule has 6 heteroatoms. The predicted octanol–water partition coefficient (Wildman–Crippen LogP) is 8.09. The number of hydrogen-bond donors (Lipinski definition) is 0. The standard InChI is InChI=1S/C38H56N2O4/c1-3-27-43-35-19-15-31(16-20-35)37(41)33(29-39-23-9-5-10-24-39)13-7-8-14-34(30-40-25-11-6-12-26-40)38(42)32-17-21-36(22-18-32)44-28-4-2/h15-22,33-34H,3-14,23-30H2,1-2H3/t33-,34+. The maximum absolute atomic E-state index is 13.8. The summed E-state index contributed by atoms with van der Waals surface area (Å²) in [6, 6.07) is 15.5. The maximum atomic E-state index is 13.8. The fourth-order valence-electron chi connectivity index (χ4n) is 6.64. The quantitative estimate of drug-likeness (QED) is 0.119. The summed E-state index contributed by atoms with van der Waals surface area (Å²) in [5.74, 6) is 2.07. The number of piperidine rings is 2. The van der Waals surface area contributed by atoms with Crippen molar-refractivity contribution in [3.63, 3.8) is 0 Å². The molecule has 242 valence electrons. The van der Waals surface area contributed by atoms with Gasteiger partial charge in [0.1, 0.15) is 11.5 Å². The van der Waals surface area contributed by atoms with E-state index in [-0.39, 0.29) is 23.4 Å². The van der Waals surface area contributed by atoms with Gasteiger partial charge in [-0.2, -0.15) is 0 Å². The Hall–Kier alpha value is -2.70. The molecule has 0 saturated carbocycles. The van der Waals surface area contributed by atoms with E-state index in [1.807, 2.05) is 48.5 Å². The lowest BCUT2D eigenvalue weighted by atomic mass is 9.88. The van der Waals surface area contributed by atoms with E-state index in [1.165, 1.54) is 38.5 Å². The molecule has 2 aromatic rings. The van der Waals surface area contributed by atoms with Crippen LogP contribution in [0, 0.1) is 11.8 Å². The van der Waals surface area contributed by atoms with E-state index >= 15 is 0 Å². The van der Waals surface area contributed by atoms with Gasteiger partial charge in [0.05, 0.1) is 13.2 Å². The number of hydrogen-bond acceptors (Lipinski definition) is 6. The van der Waals surface area contributed by atoms with Gasteiger partial charge >= 0.3 is 0 Å². The van der Waals surface area contributed by atoms with Gasteiger partial charge in [-0.15, -0.1) is 0 Å². The number of ketones is 2. The van der Waals surface area contributed by atoms with Gasteiger partial charge in [-0.25, -0.2) is 0 Å². The van der Waals surface area contributed by atoms with E-state index in [0.717, 1.165) is 100 Å². The van der Waals surface area contributed by atoms with Crippen molar-refractivity contribution in [1.82, 2.24) is 9.80 Å². The molecule has 0 aliphatic carbocycles. The first-order chi connectivity index (χ1) is 21.6. The van der Waals surface area contributed by atoms with E-state index in [4.69, 9.17) is 9.47 Å². The van der Waals surface area contributed by atoms with Gasteiger partial charge in [0.2, 0.25) is 0 Å². The number of unbranched alkanes of at least 4 members (excludes halogenated alkanes) is 1. The fourth-order valence-corrected chi connectivity index (χ4v) is 6.64. The topological polar surface area (TPSA) is 59.1 Å². The third-order valence-electron chi connectivity index (χ3n) is 9.17. The van der Waals surface area contributed by atoms with Crippen molar-refractivity contribution in [3.8, 4) is 11.5 Å². The number of Topliss-reactive ketones (excluding diaryl/α,β-unsaturated/α-hetero) is 2. The van der Waals surface area contributed by atoms with Crippen LogP contribution in [0.15, 0.2) is 48.5 Å². The summed E-state index contributed by atoms with van der Waals surface area (Å²) in [6.45, 7) is 11.6. The van der Waals surface area contributed by atoms with Gasteiger partial charge in [0, 0.05) is 36.1 Å². The first-order valence-corrected chi connectivity index (χ1v) is 17.6. The maximum Gasteiger partial charge on any atom is 0.167 e. The van der Waals surface area contributed by atoms with Crippen LogP contribution in [0.1, 0.15) is 112 Å². The highest BCUT2D eigenvalue weighted by atomic mass is 16.5. The monoisotopic (exact) mass is 604 g/mol. The summed E-state index contributed by atoms with van der Waals surface area (Å²) in [5.41, 5.74) is 1.56. The lowest BCUT2D eigenvalue weighted by molar-refractivity contribution is 0.0833. The second-order valence-electron chi connectivity index (χ2n) is 12.9. The van der Waals surface area contributed by atoms with Gasteiger partial charge in [-0.3, -0.25) is 9.59 Å².